The average molecular weight is 339 g/mol. The van der Waals surface area contributed by atoms with Gasteiger partial charge in [0.1, 0.15) is 11.2 Å². The van der Waals surface area contributed by atoms with Crippen LogP contribution in [0.4, 0.5) is 5.69 Å². The summed E-state index contributed by atoms with van der Waals surface area (Å²) in [7, 11) is 1.39. The Kier molecular flexibility index (Phi) is 4.52. The van der Waals surface area contributed by atoms with Crippen LogP contribution in [0.5, 0.6) is 11.5 Å². The van der Waals surface area contributed by atoms with Gasteiger partial charge in [0.25, 0.3) is 0 Å². The maximum absolute atomic E-state index is 10.9. The second kappa shape index (κ2) is 6.33. The summed E-state index contributed by atoms with van der Waals surface area (Å²) < 4.78 is 11.1. The minimum absolute atomic E-state index is 0.0844. The molecule has 0 fully saturated rings. The molecule has 0 aliphatic heterocycles. The molecule has 1 aromatic heterocycles. The van der Waals surface area contributed by atoms with Gasteiger partial charge in [0.05, 0.1) is 12.0 Å². The smallest absolute Gasteiger partial charge is 0.311 e. The van der Waals surface area contributed by atoms with Crippen LogP contribution in [0.2, 0.25) is 0 Å². The molecule has 0 atom stereocenters. The van der Waals surface area contributed by atoms with E-state index in [4.69, 9.17) is 9.47 Å². The van der Waals surface area contributed by atoms with Crippen LogP contribution < -0.4 is 9.47 Å². The van der Waals surface area contributed by atoms with Gasteiger partial charge in [-0.05, 0) is 39.7 Å². The van der Waals surface area contributed by atoms with Crippen LogP contribution in [0.3, 0.4) is 0 Å². The van der Waals surface area contributed by atoms with E-state index in [9.17, 15) is 10.1 Å². The summed E-state index contributed by atoms with van der Waals surface area (Å²) in [5, 5.41) is 10.9. The Balaban J connectivity index is 2.16. The number of nitro groups is 1. The Morgan fingerprint density at radius 3 is 2.80 bits per heavy atom. The van der Waals surface area contributed by atoms with Crippen molar-refractivity contribution in [2.75, 3.05) is 7.11 Å². The Labute approximate surface area is 123 Å². The van der Waals surface area contributed by atoms with Crippen molar-refractivity contribution in [3.8, 4) is 11.5 Å². The van der Waals surface area contributed by atoms with Crippen molar-refractivity contribution in [3.63, 3.8) is 0 Å². The zero-order chi connectivity index (χ0) is 14.5. The summed E-state index contributed by atoms with van der Waals surface area (Å²) in [5.74, 6) is 0.798. The predicted molar refractivity (Wildman–Crippen MR) is 75.9 cm³/mol. The van der Waals surface area contributed by atoms with Crippen molar-refractivity contribution in [1.82, 2.24) is 4.98 Å². The van der Waals surface area contributed by atoms with Crippen LogP contribution >= 0.6 is 15.9 Å². The highest BCUT2D eigenvalue weighted by Gasteiger charge is 2.15. The van der Waals surface area contributed by atoms with Crippen LogP contribution in [-0.2, 0) is 6.61 Å². The normalized spacial score (nSPS) is 10.1. The SMILES string of the molecule is COc1ccc(COc2cccnc2Br)cc1[N+](=O)[O-]. The van der Waals surface area contributed by atoms with Crippen LogP contribution in [0, 0.1) is 10.1 Å². The van der Waals surface area contributed by atoms with Gasteiger partial charge in [-0.2, -0.15) is 0 Å². The number of methoxy groups -OCH3 is 1. The summed E-state index contributed by atoms with van der Waals surface area (Å²) in [6.45, 7) is 0.203. The minimum Gasteiger partial charge on any atom is -0.490 e. The van der Waals surface area contributed by atoms with E-state index in [0.717, 1.165) is 0 Å². The molecule has 0 bridgehead atoms. The highest BCUT2D eigenvalue weighted by Crippen LogP contribution is 2.28. The Hall–Kier alpha value is -2.15. The van der Waals surface area contributed by atoms with Crippen molar-refractivity contribution in [1.29, 1.82) is 0 Å². The highest BCUT2D eigenvalue weighted by molar-refractivity contribution is 9.10. The molecule has 6 nitrogen and oxygen atoms in total. The van der Waals surface area contributed by atoms with Gasteiger partial charge in [0, 0.05) is 12.3 Å². The number of hydrogen-bond acceptors (Lipinski definition) is 5. The zero-order valence-electron chi connectivity index (χ0n) is 10.6. The first-order chi connectivity index (χ1) is 9.61. The molecule has 0 radical (unpaired) electrons. The van der Waals surface area contributed by atoms with Gasteiger partial charge < -0.3 is 9.47 Å². The number of rotatable bonds is 5. The second-order valence-corrected chi connectivity index (χ2v) is 4.60. The molecule has 0 spiro atoms. The summed E-state index contributed by atoms with van der Waals surface area (Å²) in [6.07, 6.45) is 1.63. The summed E-state index contributed by atoms with van der Waals surface area (Å²) in [6, 6.07) is 8.21. The maximum atomic E-state index is 10.9. The quantitative estimate of drug-likeness (QED) is 0.474. The Bertz CT molecular complexity index is 634. The second-order valence-electron chi connectivity index (χ2n) is 3.84. The van der Waals surface area contributed by atoms with Crippen molar-refractivity contribution in [3.05, 3.63) is 56.8 Å². The lowest BCUT2D eigenvalue weighted by molar-refractivity contribution is -0.385. The monoisotopic (exact) mass is 338 g/mol. The highest BCUT2D eigenvalue weighted by atomic mass is 79.9. The number of benzene rings is 1. The molecule has 0 saturated heterocycles. The molecular formula is C13H11BrN2O4. The lowest BCUT2D eigenvalue weighted by atomic mass is 10.2. The first-order valence-electron chi connectivity index (χ1n) is 5.66. The number of nitro benzene ring substituents is 1. The van der Waals surface area contributed by atoms with Crippen molar-refractivity contribution in [2.45, 2.75) is 6.61 Å². The predicted octanol–water partition coefficient (Wildman–Crippen LogP) is 3.34. The van der Waals surface area contributed by atoms with Crippen molar-refractivity contribution in [2.24, 2.45) is 0 Å². The molecule has 0 unspecified atom stereocenters. The molecular weight excluding hydrogens is 328 g/mol. The number of nitrogens with zero attached hydrogens (tertiary/aromatic N) is 2. The van der Waals surface area contributed by atoms with E-state index in [1.807, 2.05) is 0 Å². The molecule has 0 aliphatic rings. The summed E-state index contributed by atoms with van der Waals surface area (Å²) in [5.41, 5.74) is 0.590. The number of hydrogen-bond donors (Lipinski definition) is 0. The standard InChI is InChI=1S/C13H11BrN2O4/c1-19-11-5-4-9(7-10(11)16(17)18)8-20-12-3-2-6-15-13(12)14/h2-7H,8H2,1H3. The van der Waals surface area contributed by atoms with E-state index in [0.29, 0.717) is 15.9 Å². The average Bonchev–Trinajstić information content (AvgIpc) is 2.46. The molecule has 1 aromatic carbocycles. The third-order valence-corrected chi connectivity index (χ3v) is 3.15. The third-order valence-electron chi connectivity index (χ3n) is 2.56. The van der Waals surface area contributed by atoms with Gasteiger partial charge >= 0.3 is 5.69 Å². The number of halogens is 1. The van der Waals surface area contributed by atoms with Crippen LogP contribution in [0.1, 0.15) is 5.56 Å². The van der Waals surface area contributed by atoms with Gasteiger partial charge in [-0.25, -0.2) is 4.98 Å². The molecule has 0 amide bonds. The van der Waals surface area contributed by atoms with Gasteiger partial charge in [-0.3, -0.25) is 10.1 Å². The summed E-state index contributed by atoms with van der Waals surface area (Å²) in [4.78, 5) is 14.5. The first kappa shape index (κ1) is 14.3. The molecule has 7 heteroatoms. The van der Waals surface area contributed by atoms with Gasteiger partial charge in [0.15, 0.2) is 11.5 Å². The first-order valence-corrected chi connectivity index (χ1v) is 6.45. The van der Waals surface area contributed by atoms with Gasteiger partial charge in [0.2, 0.25) is 0 Å². The molecule has 0 N–H and O–H groups in total. The fourth-order valence-electron chi connectivity index (χ4n) is 1.61. The molecule has 0 aliphatic carbocycles. The van der Waals surface area contributed by atoms with Crippen LogP contribution in [0.15, 0.2) is 41.1 Å². The molecule has 20 heavy (non-hydrogen) atoms. The van der Waals surface area contributed by atoms with Crippen molar-refractivity contribution >= 4 is 21.6 Å². The largest absolute Gasteiger partial charge is 0.490 e. The molecule has 104 valence electrons. The van der Waals surface area contributed by atoms with Crippen LogP contribution in [0.25, 0.3) is 0 Å². The van der Waals surface area contributed by atoms with E-state index in [-0.39, 0.29) is 18.0 Å². The molecule has 1 heterocycles. The Morgan fingerprint density at radius 2 is 2.15 bits per heavy atom. The number of ether oxygens (including phenoxy) is 2. The van der Waals surface area contributed by atoms with E-state index in [1.54, 1.807) is 30.5 Å². The number of aromatic nitrogens is 1. The zero-order valence-corrected chi connectivity index (χ0v) is 12.2. The van der Waals surface area contributed by atoms with E-state index < -0.39 is 4.92 Å². The maximum Gasteiger partial charge on any atom is 0.311 e. The van der Waals surface area contributed by atoms with E-state index in [2.05, 4.69) is 20.9 Å². The third kappa shape index (κ3) is 3.24. The lowest BCUT2D eigenvalue weighted by Crippen LogP contribution is -1.99. The minimum atomic E-state index is -0.484. The fraction of sp³-hybridized carbons (Fsp3) is 0.154. The number of pyridine rings is 1. The molecule has 2 aromatic rings. The summed E-state index contributed by atoms with van der Waals surface area (Å²) >= 11 is 3.27. The van der Waals surface area contributed by atoms with Crippen molar-refractivity contribution < 1.29 is 14.4 Å². The topological polar surface area (TPSA) is 74.5 Å². The van der Waals surface area contributed by atoms with E-state index in [1.165, 1.54) is 13.2 Å². The van der Waals surface area contributed by atoms with Gasteiger partial charge in [-0.1, -0.05) is 6.07 Å². The van der Waals surface area contributed by atoms with Gasteiger partial charge in [-0.15, -0.1) is 0 Å². The fourth-order valence-corrected chi connectivity index (χ4v) is 1.97. The molecule has 2 rings (SSSR count). The lowest BCUT2D eigenvalue weighted by Gasteiger charge is -2.08. The van der Waals surface area contributed by atoms with E-state index >= 15 is 0 Å². The van der Waals surface area contributed by atoms with Crippen LogP contribution in [-0.4, -0.2) is 17.0 Å². The Morgan fingerprint density at radius 1 is 1.35 bits per heavy atom. The molecule has 0 saturated carbocycles.